The van der Waals surface area contributed by atoms with E-state index in [0.717, 1.165) is 37.2 Å². The number of rotatable bonds is 7. The van der Waals surface area contributed by atoms with E-state index in [-0.39, 0.29) is 22.7 Å². The number of halogens is 1. The van der Waals surface area contributed by atoms with Crippen molar-refractivity contribution in [3.8, 4) is 0 Å². The van der Waals surface area contributed by atoms with E-state index in [4.69, 9.17) is 0 Å². The summed E-state index contributed by atoms with van der Waals surface area (Å²) in [6.07, 6.45) is 2.77. The van der Waals surface area contributed by atoms with Crippen LogP contribution in [0.5, 0.6) is 0 Å². The Morgan fingerprint density at radius 2 is 1.60 bits per heavy atom. The summed E-state index contributed by atoms with van der Waals surface area (Å²) in [7, 11) is -3.44. The van der Waals surface area contributed by atoms with Crippen LogP contribution in [-0.4, -0.2) is 51.4 Å². The van der Waals surface area contributed by atoms with E-state index in [0.29, 0.717) is 25.9 Å². The number of hydrogen-bond donors (Lipinski definition) is 1. The van der Waals surface area contributed by atoms with Crippen molar-refractivity contribution in [1.29, 1.82) is 0 Å². The van der Waals surface area contributed by atoms with Gasteiger partial charge in [-0.05, 0) is 61.2 Å². The summed E-state index contributed by atoms with van der Waals surface area (Å²) in [5.74, 6) is -0.154. The maximum atomic E-state index is 13.1. The van der Waals surface area contributed by atoms with Crippen LogP contribution >= 0.6 is 0 Å². The van der Waals surface area contributed by atoms with Crippen LogP contribution in [0.1, 0.15) is 24.8 Å². The summed E-state index contributed by atoms with van der Waals surface area (Å²) in [5, 5.41) is 0. The highest BCUT2D eigenvalue weighted by Crippen LogP contribution is 2.22. The van der Waals surface area contributed by atoms with Gasteiger partial charge in [-0.1, -0.05) is 12.1 Å². The molecule has 1 saturated carbocycles. The van der Waals surface area contributed by atoms with Crippen LogP contribution in [0.4, 0.5) is 10.1 Å². The van der Waals surface area contributed by atoms with Crippen molar-refractivity contribution in [2.45, 2.75) is 36.6 Å². The van der Waals surface area contributed by atoms with E-state index in [1.807, 2.05) is 4.90 Å². The lowest BCUT2D eigenvalue weighted by molar-refractivity contribution is -0.131. The van der Waals surface area contributed by atoms with Crippen molar-refractivity contribution in [1.82, 2.24) is 9.62 Å². The first-order valence-corrected chi connectivity index (χ1v) is 11.8. The van der Waals surface area contributed by atoms with E-state index < -0.39 is 10.0 Å². The first kappa shape index (κ1) is 20.8. The number of anilines is 1. The molecule has 0 radical (unpaired) electrons. The Morgan fingerprint density at radius 3 is 2.20 bits per heavy atom. The minimum atomic E-state index is -3.44. The smallest absolute Gasteiger partial charge is 0.240 e. The Balaban J connectivity index is 1.25. The highest BCUT2D eigenvalue weighted by atomic mass is 32.2. The van der Waals surface area contributed by atoms with Gasteiger partial charge in [-0.2, -0.15) is 0 Å². The molecule has 1 N–H and O–H groups in total. The van der Waals surface area contributed by atoms with Gasteiger partial charge in [0.05, 0.1) is 4.90 Å². The van der Waals surface area contributed by atoms with Gasteiger partial charge in [0, 0.05) is 44.3 Å². The second-order valence-corrected chi connectivity index (χ2v) is 9.60. The predicted octanol–water partition coefficient (Wildman–Crippen LogP) is 2.55. The second kappa shape index (κ2) is 8.73. The second-order valence-electron chi connectivity index (χ2n) is 7.88. The highest BCUT2D eigenvalue weighted by molar-refractivity contribution is 7.89. The molecular weight excluding hydrogens is 405 g/mol. The molecular formula is C22H26FN3O3S. The topological polar surface area (TPSA) is 69.7 Å². The van der Waals surface area contributed by atoms with Crippen LogP contribution in [0.3, 0.4) is 0 Å². The van der Waals surface area contributed by atoms with E-state index in [9.17, 15) is 17.6 Å². The van der Waals surface area contributed by atoms with E-state index in [1.165, 1.54) is 12.1 Å². The molecule has 1 aliphatic heterocycles. The zero-order valence-corrected chi connectivity index (χ0v) is 17.6. The third-order valence-corrected chi connectivity index (χ3v) is 7.12. The van der Waals surface area contributed by atoms with Gasteiger partial charge < -0.3 is 9.80 Å². The van der Waals surface area contributed by atoms with Gasteiger partial charge in [-0.3, -0.25) is 4.79 Å². The summed E-state index contributed by atoms with van der Waals surface area (Å²) in [6, 6.07) is 13.3. The Bertz CT molecular complexity index is 981. The van der Waals surface area contributed by atoms with Gasteiger partial charge in [-0.25, -0.2) is 17.5 Å². The number of amides is 1. The number of nitrogens with one attached hydrogen (secondary N) is 1. The predicted molar refractivity (Wildman–Crippen MR) is 113 cm³/mol. The first-order valence-electron chi connectivity index (χ1n) is 10.3. The summed E-state index contributed by atoms with van der Waals surface area (Å²) in [5.41, 5.74) is 1.91. The molecule has 1 amide bonds. The van der Waals surface area contributed by atoms with Crippen molar-refractivity contribution in [2.75, 3.05) is 31.1 Å². The average Bonchev–Trinajstić information content (AvgIpc) is 3.56. The molecule has 0 bridgehead atoms. The zero-order valence-electron chi connectivity index (χ0n) is 16.8. The van der Waals surface area contributed by atoms with Crippen molar-refractivity contribution in [2.24, 2.45) is 0 Å². The number of nitrogens with zero attached hydrogens (tertiary/aromatic N) is 2. The monoisotopic (exact) mass is 431 g/mol. The van der Waals surface area contributed by atoms with Crippen LogP contribution in [0.15, 0.2) is 53.4 Å². The molecule has 30 heavy (non-hydrogen) atoms. The fraction of sp³-hybridized carbons (Fsp3) is 0.409. The lowest BCUT2D eigenvalue weighted by atomic mass is 10.1. The minimum Gasteiger partial charge on any atom is -0.368 e. The van der Waals surface area contributed by atoms with Crippen LogP contribution in [0, 0.1) is 5.82 Å². The molecule has 2 aliphatic rings. The largest absolute Gasteiger partial charge is 0.368 e. The van der Waals surface area contributed by atoms with Crippen molar-refractivity contribution in [3.63, 3.8) is 0 Å². The number of benzene rings is 2. The van der Waals surface area contributed by atoms with Gasteiger partial charge >= 0.3 is 0 Å². The maximum absolute atomic E-state index is 13.1. The quantitative estimate of drug-likeness (QED) is 0.732. The van der Waals surface area contributed by atoms with E-state index in [2.05, 4.69) is 9.62 Å². The van der Waals surface area contributed by atoms with Crippen LogP contribution in [0.2, 0.25) is 0 Å². The maximum Gasteiger partial charge on any atom is 0.240 e. The van der Waals surface area contributed by atoms with E-state index in [1.54, 1.807) is 36.4 Å². The van der Waals surface area contributed by atoms with Crippen molar-refractivity contribution >= 4 is 21.6 Å². The average molecular weight is 432 g/mol. The van der Waals surface area contributed by atoms with Crippen molar-refractivity contribution < 1.29 is 17.6 Å². The molecule has 1 aliphatic carbocycles. The van der Waals surface area contributed by atoms with E-state index >= 15 is 0 Å². The number of carbonyl (C=O) groups excluding carboxylic acids is 1. The number of aryl methyl sites for hydroxylation is 1. The standard InChI is InChI=1S/C22H26FN3O3S/c23-18-4-8-20(9-5-18)25-13-15-26(16-14-25)22(27)12-3-17-1-10-21(11-2-17)30(28,29)24-19-6-7-19/h1-2,4-5,8-11,19,24H,3,6-7,12-16H2. The minimum absolute atomic E-state index is 0.0795. The molecule has 1 saturated heterocycles. The van der Waals surface area contributed by atoms with Crippen LogP contribution < -0.4 is 9.62 Å². The number of sulfonamides is 1. The molecule has 0 spiro atoms. The van der Waals surface area contributed by atoms with Gasteiger partial charge in [0.2, 0.25) is 15.9 Å². The lowest BCUT2D eigenvalue weighted by Crippen LogP contribution is -2.48. The van der Waals surface area contributed by atoms with Gasteiger partial charge in [-0.15, -0.1) is 0 Å². The normalized spacial score (nSPS) is 17.2. The number of carbonyl (C=O) groups is 1. The SMILES string of the molecule is O=C(CCc1ccc(S(=O)(=O)NC2CC2)cc1)N1CCN(c2ccc(F)cc2)CC1. The molecule has 8 heteroatoms. The number of hydrogen-bond acceptors (Lipinski definition) is 4. The molecule has 6 nitrogen and oxygen atoms in total. The molecule has 2 aromatic carbocycles. The van der Waals surface area contributed by atoms with Crippen molar-refractivity contribution in [3.05, 3.63) is 59.9 Å². The molecule has 1 heterocycles. The fourth-order valence-electron chi connectivity index (χ4n) is 3.60. The fourth-order valence-corrected chi connectivity index (χ4v) is 4.90. The van der Waals surface area contributed by atoms with Crippen LogP contribution in [0.25, 0.3) is 0 Å². The summed E-state index contributed by atoms with van der Waals surface area (Å²) >= 11 is 0. The lowest BCUT2D eigenvalue weighted by Gasteiger charge is -2.36. The molecule has 0 aromatic heterocycles. The highest BCUT2D eigenvalue weighted by Gasteiger charge is 2.28. The Labute approximate surface area is 176 Å². The molecule has 0 unspecified atom stereocenters. The number of piperazine rings is 1. The summed E-state index contributed by atoms with van der Waals surface area (Å²) in [6.45, 7) is 2.72. The first-order chi connectivity index (χ1) is 14.4. The van der Waals surface area contributed by atoms with Gasteiger partial charge in [0.1, 0.15) is 5.82 Å². The van der Waals surface area contributed by atoms with Crippen LogP contribution in [-0.2, 0) is 21.2 Å². The molecule has 160 valence electrons. The molecule has 2 aromatic rings. The Morgan fingerprint density at radius 1 is 0.967 bits per heavy atom. The summed E-state index contributed by atoms with van der Waals surface area (Å²) in [4.78, 5) is 16.8. The molecule has 2 fully saturated rings. The van der Waals surface area contributed by atoms with Gasteiger partial charge in [0.15, 0.2) is 0 Å². The summed E-state index contributed by atoms with van der Waals surface area (Å²) < 4.78 is 40.2. The Hall–Kier alpha value is -2.45. The molecule has 0 atom stereocenters. The molecule has 4 rings (SSSR count). The third kappa shape index (κ3) is 5.17. The zero-order chi connectivity index (χ0) is 21.1. The third-order valence-electron chi connectivity index (χ3n) is 5.58. The van der Waals surface area contributed by atoms with Gasteiger partial charge in [0.25, 0.3) is 0 Å². The Kier molecular flexibility index (Phi) is 6.06.